The minimum absolute atomic E-state index is 0.0429. The van der Waals surface area contributed by atoms with Crippen LogP contribution >= 0.6 is 23.4 Å². The number of nitrogens with zero attached hydrogens (tertiary/aromatic N) is 3. The fraction of sp³-hybridized carbons (Fsp3) is 0.400. The molecule has 1 saturated heterocycles. The molecule has 0 saturated carbocycles. The Bertz CT molecular complexity index is 846. The van der Waals surface area contributed by atoms with E-state index in [9.17, 15) is 18.0 Å². The average Bonchev–Trinajstić information content (AvgIpc) is 2.73. The Morgan fingerprint density at radius 2 is 1.87 bits per heavy atom. The maximum atomic E-state index is 12.8. The number of thioether (sulfide) groups is 1. The minimum Gasteiger partial charge on any atom is -0.352 e. The van der Waals surface area contributed by atoms with Gasteiger partial charge in [-0.15, -0.1) is 11.8 Å². The van der Waals surface area contributed by atoms with Crippen molar-refractivity contribution in [3.05, 3.63) is 53.2 Å². The number of anilines is 1. The number of carbonyl (C=O) groups excluding carboxylic acids is 1. The van der Waals surface area contributed by atoms with E-state index in [4.69, 9.17) is 11.6 Å². The van der Waals surface area contributed by atoms with Gasteiger partial charge in [0.1, 0.15) is 5.82 Å². The molecule has 0 unspecified atom stereocenters. The van der Waals surface area contributed by atoms with Crippen molar-refractivity contribution in [3.8, 4) is 0 Å². The highest BCUT2D eigenvalue weighted by Gasteiger charge is 2.32. The van der Waals surface area contributed by atoms with Crippen molar-refractivity contribution >= 4 is 35.2 Å². The molecule has 1 aromatic carbocycles. The summed E-state index contributed by atoms with van der Waals surface area (Å²) in [5, 5.41) is 2.87. The molecular weight excluding hydrogens is 437 g/mol. The topological polar surface area (TPSA) is 48.5 Å². The number of pyridine rings is 1. The Hall–Kier alpha value is -2.13. The Balaban J connectivity index is 1.40. The molecule has 0 radical (unpaired) electrons. The molecule has 3 rings (SSSR count). The van der Waals surface area contributed by atoms with Gasteiger partial charge in [0, 0.05) is 43.8 Å². The summed E-state index contributed by atoms with van der Waals surface area (Å²) < 4.78 is 38.3. The highest BCUT2D eigenvalue weighted by molar-refractivity contribution is 7.99. The van der Waals surface area contributed by atoms with E-state index in [1.54, 1.807) is 21.6 Å². The van der Waals surface area contributed by atoms with Crippen LogP contribution in [0.2, 0.25) is 5.02 Å². The summed E-state index contributed by atoms with van der Waals surface area (Å²) >= 11 is 7.76. The van der Waals surface area contributed by atoms with Gasteiger partial charge in [-0.2, -0.15) is 13.2 Å². The number of piperazine rings is 1. The highest BCUT2D eigenvalue weighted by atomic mass is 35.5. The van der Waals surface area contributed by atoms with Gasteiger partial charge in [-0.1, -0.05) is 29.8 Å². The van der Waals surface area contributed by atoms with Crippen molar-refractivity contribution in [1.29, 1.82) is 0 Å². The predicted octanol–water partition coefficient (Wildman–Crippen LogP) is 4.77. The summed E-state index contributed by atoms with van der Waals surface area (Å²) in [7, 11) is 0. The van der Waals surface area contributed by atoms with Crippen molar-refractivity contribution < 1.29 is 18.0 Å². The minimum atomic E-state index is -4.48. The van der Waals surface area contributed by atoms with Gasteiger partial charge in [0.05, 0.1) is 10.6 Å². The van der Waals surface area contributed by atoms with Crippen LogP contribution in [0.25, 0.3) is 0 Å². The summed E-state index contributed by atoms with van der Waals surface area (Å²) in [6.07, 6.45) is -2.84. The van der Waals surface area contributed by atoms with Crippen LogP contribution in [0.5, 0.6) is 0 Å². The van der Waals surface area contributed by atoms with E-state index in [1.807, 2.05) is 18.2 Å². The number of urea groups is 1. The van der Waals surface area contributed by atoms with E-state index >= 15 is 0 Å². The molecule has 0 bridgehead atoms. The maximum absolute atomic E-state index is 12.8. The highest BCUT2D eigenvalue weighted by Crippen LogP contribution is 2.33. The SMILES string of the molecule is O=C(NCCCSc1ccccc1)N1CCN(c2ncc(C(F)(F)F)cc2Cl)CC1. The fourth-order valence-electron chi connectivity index (χ4n) is 3.03. The van der Waals surface area contributed by atoms with Gasteiger partial charge in [-0.25, -0.2) is 9.78 Å². The van der Waals surface area contributed by atoms with Crippen LogP contribution in [0.15, 0.2) is 47.5 Å². The molecule has 2 amide bonds. The molecule has 1 aliphatic rings. The lowest BCUT2D eigenvalue weighted by molar-refractivity contribution is -0.137. The molecule has 162 valence electrons. The van der Waals surface area contributed by atoms with Gasteiger partial charge in [-0.3, -0.25) is 0 Å². The molecule has 2 aromatic rings. The van der Waals surface area contributed by atoms with Gasteiger partial charge < -0.3 is 15.1 Å². The summed E-state index contributed by atoms with van der Waals surface area (Å²) in [6, 6.07) is 10.8. The van der Waals surface area contributed by atoms with Gasteiger partial charge in [0.2, 0.25) is 0 Å². The van der Waals surface area contributed by atoms with Crippen LogP contribution in [0.4, 0.5) is 23.8 Å². The number of amides is 2. The molecule has 1 fully saturated rings. The van der Waals surface area contributed by atoms with Crippen molar-refractivity contribution in [1.82, 2.24) is 15.2 Å². The van der Waals surface area contributed by atoms with Crippen molar-refractivity contribution in [2.24, 2.45) is 0 Å². The monoisotopic (exact) mass is 458 g/mol. The normalized spacial score (nSPS) is 14.7. The van der Waals surface area contributed by atoms with Gasteiger partial charge >= 0.3 is 12.2 Å². The Morgan fingerprint density at radius 1 is 1.17 bits per heavy atom. The summed E-state index contributed by atoms with van der Waals surface area (Å²) in [4.78, 5) is 20.9. The molecule has 5 nitrogen and oxygen atoms in total. The third-order valence-electron chi connectivity index (χ3n) is 4.62. The molecule has 0 aliphatic carbocycles. The zero-order chi connectivity index (χ0) is 21.6. The average molecular weight is 459 g/mol. The van der Waals surface area contributed by atoms with Crippen molar-refractivity contribution in [3.63, 3.8) is 0 Å². The molecule has 0 atom stereocenters. The molecule has 2 heterocycles. The van der Waals surface area contributed by atoms with E-state index in [-0.39, 0.29) is 11.1 Å². The van der Waals surface area contributed by atoms with Crippen LogP contribution in [0.1, 0.15) is 12.0 Å². The van der Waals surface area contributed by atoms with E-state index < -0.39 is 11.7 Å². The van der Waals surface area contributed by atoms with E-state index in [0.29, 0.717) is 38.5 Å². The Kier molecular flexibility index (Phi) is 7.71. The van der Waals surface area contributed by atoms with E-state index in [1.165, 1.54) is 4.90 Å². The number of nitrogens with one attached hydrogen (secondary N) is 1. The number of hydrogen-bond donors (Lipinski definition) is 1. The number of halogens is 4. The van der Waals surface area contributed by atoms with Crippen LogP contribution in [0, 0.1) is 0 Å². The van der Waals surface area contributed by atoms with Gasteiger partial charge in [0.25, 0.3) is 0 Å². The third kappa shape index (κ3) is 6.18. The number of alkyl halides is 3. The van der Waals surface area contributed by atoms with Crippen molar-refractivity contribution in [2.45, 2.75) is 17.5 Å². The molecule has 10 heteroatoms. The molecular formula is C20H22ClF3N4OS. The van der Waals surface area contributed by atoms with Gasteiger partial charge in [0.15, 0.2) is 0 Å². The quantitative estimate of drug-likeness (QED) is 0.500. The smallest absolute Gasteiger partial charge is 0.352 e. The molecule has 1 aliphatic heterocycles. The van der Waals surface area contributed by atoms with E-state index in [0.717, 1.165) is 24.4 Å². The third-order valence-corrected chi connectivity index (χ3v) is 6.00. The summed E-state index contributed by atoms with van der Waals surface area (Å²) in [5.41, 5.74) is -0.875. The first-order valence-electron chi connectivity index (χ1n) is 9.53. The van der Waals surface area contributed by atoms with Crippen LogP contribution in [-0.4, -0.2) is 54.4 Å². The van der Waals surface area contributed by atoms with Crippen LogP contribution < -0.4 is 10.2 Å². The fourth-order valence-corrected chi connectivity index (χ4v) is 4.19. The summed E-state index contributed by atoms with van der Waals surface area (Å²) in [6.45, 7) is 2.39. The standard InChI is InChI=1S/C20H22ClF3N4OS/c21-17-13-15(20(22,23)24)14-26-18(17)27-8-10-28(11-9-27)19(29)25-7-4-12-30-16-5-2-1-3-6-16/h1-3,5-6,13-14H,4,7-12H2,(H,25,29). The second-order valence-corrected chi connectivity index (χ2v) is 8.32. The first kappa shape index (κ1) is 22.6. The molecule has 0 spiro atoms. The Morgan fingerprint density at radius 3 is 2.50 bits per heavy atom. The van der Waals surface area contributed by atoms with Crippen LogP contribution in [0.3, 0.4) is 0 Å². The second kappa shape index (κ2) is 10.3. The molecule has 30 heavy (non-hydrogen) atoms. The number of rotatable bonds is 6. The van der Waals surface area contributed by atoms with Crippen LogP contribution in [-0.2, 0) is 6.18 Å². The van der Waals surface area contributed by atoms with Gasteiger partial charge in [-0.05, 0) is 30.4 Å². The number of aromatic nitrogens is 1. The zero-order valence-electron chi connectivity index (χ0n) is 16.2. The first-order chi connectivity index (χ1) is 14.3. The Labute approximate surface area is 182 Å². The van der Waals surface area contributed by atoms with E-state index in [2.05, 4.69) is 22.4 Å². The number of benzene rings is 1. The molecule has 1 N–H and O–H groups in total. The zero-order valence-corrected chi connectivity index (χ0v) is 17.7. The number of carbonyl (C=O) groups is 1. The predicted molar refractivity (Wildman–Crippen MR) is 113 cm³/mol. The second-order valence-electron chi connectivity index (χ2n) is 6.75. The first-order valence-corrected chi connectivity index (χ1v) is 10.9. The maximum Gasteiger partial charge on any atom is 0.417 e. The lowest BCUT2D eigenvalue weighted by atomic mass is 10.2. The largest absolute Gasteiger partial charge is 0.417 e. The number of hydrogen-bond acceptors (Lipinski definition) is 4. The summed E-state index contributed by atoms with van der Waals surface area (Å²) in [5.74, 6) is 1.22. The lowest BCUT2D eigenvalue weighted by Gasteiger charge is -2.35. The lowest BCUT2D eigenvalue weighted by Crippen LogP contribution is -2.52. The molecule has 1 aromatic heterocycles. The van der Waals surface area contributed by atoms with Crippen molar-refractivity contribution in [2.75, 3.05) is 43.4 Å².